The summed E-state index contributed by atoms with van der Waals surface area (Å²) < 4.78 is 5.39. The molecule has 0 aliphatic rings. The van der Waals surface area contributed by atoms with E-state index in [4.69, 9.17) is 5.26 Å². The van der Waals surface area contributed by atoms with Gasteiger partial charge in [0, 0.05) is 14.6 Å². The lowest BCUT2D eigenvalue weighted by Gasteiger charge is -2.11. The highest BCUT2D eigenvalue weighted by atomic mass is 79.9. The number of benzene rings is 1. The van der Waals surface area contributed by atoms with Gasteiger partial charge < -0.3 is 4.74 Å². The molecule has 0 saturated heterocycles. The van der Waals surface area contributed by atoms with E-state index in [-0.39, 0.29) is 11.2 Å². The lowest BCUT2D eigenvalue weighted by Crippen LogP contribution is -2.08. The number of carbonyl (C=O) groups excluding carboxylic acids is 1. The summed E-state index contributed by atoms with van der Waals surface area (Å²) in [5.41, 5.74) is 0.606. The fourth-order valence-corrected chi connectivity index (χ4v) is 2.96. The SMILES string of the molecule is COC(=O)CC(C)Sc1cccc(Br)c1C#N. The molecule has 0 saturated carbocycles. The Morgan fingerprint density at radius 2 is 2.35 bits per heavy atom. The summed E-state index contributed by atoms with van der Waals surface area (Å²) in [4.78, 5) is 12.0. The molecule has 0 aromatic heterocycles. The summed E-state index contributed by atoms with van der Waals surface area (Å²) in [5.74, 6) is -0.237. The van der Waals surface area contributed by atoms with Crippen molar-refractivity contribution in [1.29, 1.82) is 5.26 Å². The fraction of sp³-hybridized carbons (Fsp3) is 0.333. The molecular formula is C12H12BrNO2S. The zero-order valence-electron chi connectivity index (χ0n) is 9.57. The van der Waals surface area contributed by atoms with E-state index in [0.717, 1.165) is 9.37 Å². The minimum Gasteiger partial charge on any atom is -0.469 e. The molecule has 5 heteroatoms. The Hall–Kier alpha value is -0.990. The minimum atomic E-state index is -0.237. The number of hydrogen-bond donors (Lipinski definition) is 0. The van der Waals surface area contributed by atoms with Gasteiger partial charge in [-0.3, -0.25) is 4.79 Å². The number of hydrogen-bond acceptors (Lipinski definition) is 4. The van der Waals surface area contributed by atoms with Gasteiger partial charge in [0.05, 0.1) is 19.1 Å². The first-order chi connectivity index (χ1) is 8.08. The smallest absolute Gasteiger partial charge is 0.306 e. The normalized spacial score (nSPS) is 11.6. The highest BCUT2D eigenvalue weighted by molar-refractivity contribution is 9.10. The predicted octanol–water partition coefficient (Wildman–Crippen LogP) is 3.36. The molecule has 1 rings (SSSR count). The Morgan fingerprint density at radius 3 is 2.94 bits per heavy atom. The maximum atomic E-state index is 11.1. The van der Waals surface area contributed by atoms with E-state index in [1.54, 1.807) is 0 Å². The molecule has 0 N–H and O–H groups in total. The maximum absolute atomic E-state index is 11.1. The zero-order chi connectivity index (χ0) is 12.8. The number of nitriles is 1. The summed E-state index contributed by atoms with van der Waals surface area (Å²) in [5, 5.41) is 9.13. The summed E-state index contributed by atoms with van der Waals surface area (Å²) in [6.45, 7) is 1.93. The van der Waals surface area contributed by atoms with Crippen molar-refractivity contribution in [1.82, 2.24) is 0 Å². The Morgan fingerprint density at radius 1 is 1.65 bits per heavy atom. The van der Waals surface area contributed by atoms with Crippen molar-refractivity contribution >= 4 is 33.7 Å². The summed E-state index contributed by atoms with van der Waals surface area (Å²) in [6, 6.07) is 7.73. The topological polar surface area (TPSA) is 50.1 Å². The van der Waals surface area contributed by atoms with Gasteiger partial charge in [-0.25, -0.2) is 0 Å². The average Bonchev–Trinajstić information content (AvgIpc) is 2.29. The Labute approximate surface area is 113 Å². The Kier molecular flexibility index (Phi) is 5.52. The van der Waals surface area contributed by atoms with Crippen LogP contribution in [0.5, 0.6) is 0 Å². The van der Waals surface area contributed by atoms with Crippen molar-refractivity contribution in [3.63, 3.8) is 0 Å². The van der Waals surface area contributed by atoms with E-state index < -0.39 is 0 Å². The van der Waals surface area contributed by atoms with E-state index in [9.17, 15) is 4.79 Å². The standard InChI is InChI=1S/C12H12BrNO2S/c1-8(6-12(15)16-2)17-11-5-3-4-10(13)9(11)7-14/h3-5,8H,6H2,1-2H3. The minimum absolute atomic E-state index is 0.0730. The maximum Gasteiger partial charge on any atom is 0.306 e. The third-order valence-corrected chi connectivity index (χ3v) is 3.92. The second-order valence-electron chi connectivity index (χ2n) is 3.43. The molecule has 0 spiro atoms. The molecular weight excluding hydrogens is 302 g/mol. The van der Waals surface area contributed by atoms with Crippen LogP contribution in [0.25, 0.3) is 0 Å². The molecule has 90 valence electrons. The van der Waals surface area contributed by atoms with Crippen molar-refractivity contribution in [2.75, 3.05) is 7.11 Å². The molecule has 0 bridgehead atoms. The third-order valence-electron chi connectivity index (χ3n) is 2.10. The molecule has 0 fully saturated rings. The number of rotatable bonds is 4. The number of nitrogens with zero attached hydrogens (tertiary/aromatic N) is 1. The van der Waals surface area contributed by atoms with Gasteiger partial charge in [0.2, 0.25) is 0 Å². The van der Waals surface area contributed by atoms with Gasteiger partial charge in [-0.05, 0) is 28.1 Å². The van der Waals surface area contributed by atoms with Gasteiger partial charge in [-0.2, -0.15) is 5.26 Å². The predicted molar refractivity (Wildman–Crippen MR) is 70.8 cm³/mol. The summed E-state index contributed by atoms with van der Waals surface area (Å²) >= 11 is 4.83. The van der Waals surface area contributed by atoms with Gasteiger partial charge >= 0.3 is 5.97 Å². The highest BCUT2D eigenvalue weighted by Crippen LogP contribution is 2.31. The Bertz CT molecular complexity index is 456. The van der Waals surface area contributed by atoms with Gasteiger partial charge in [0.1, 0.15) is 6.07 Å². The van der Waals surface area contributed by atoms with Gasteiger partial charge in [0.15, 0.2) is 0 Å². The van der Waals surface area contributed by atoms with E-state index in [0.29, 0.717) is 12.0 Å². The van der Waals surface area contributed by atoms with Crippen LogP contribution in [-0.2, 0) is 9.53 Å². The van der Waals surface area contributed by atoms with Crippen LogP contribution in [0.4, 0.5) is 0 Å². The van der Waals surface area contributed by atoms with Crippen LogP contribution in [0.3, 0.4) is 0 Å². The van der Waals surface area contributed by atoms with Crippen LogP contribution in [0.1, 0.15) is 18.9 Å². The molecule has 3 nitrogen and oxygen atoms in total. The molecule has 0 aliphatic carbocycles. The van der Waals surface area contributed by atoms with E-state index in [2.05, 4.69) is 26.7 Å². The van der Waals surface area contributed by atoms with Crippen LogP contribution in [0, 0.1) is 11.3 Å². The van der Waals surface area contributed by atoms with Crippen LogP contribution >= 0.6 is 27.7 Å². The van der Waals surface area contributed by atoms with Crippen molar-refractivity contribution in [2.45, 2.75) is 23.5 Å². The zero-order valence-corrected chi connectivity index (χ0v) is 12.0. The van der Waals surface area contributed by atoms with Crippen LogP contribution in [-0.4, -0.2) is 18.3 Å². The van der Waals surface area contributed by atoms with E-state index >= 15 is 0 Å². The fourth-order valence-electron chi connectivity index (χ4n) is 1.29. The van der Waals surface area contributed by atoms with Crippen molar-refractivity contribution in [3.8, 4) is 6.07 Å². The number of carbonyl (C=O) groups is 1. The first kappa shape index (κ1) is 14.1. The average molecular weight is 314 g/mol. The first-order valence-electron chi connectivity index (χ1n) is 5.00. The van der Waals surface area contributed by atoms with Crippen molar-refractivity contribution in [2.24, 2.45) is 0 Å². The molecule has 0 amide bonds. The van der Waals surface area contributed by atoms with Crippen LogP contribution in [0.15, 0.2) is 27.6 Å². The molecule has 0 radical (unpaired) electrons. The van der Waals surface area contributed by atoms with Crippen molar-refractivity contribution < 1.29 is 9.53 Å². The first-order valence-corrected chi connectivity index (χ1v) is 6.67. The third kappa shape index (κ3) is 4.06. The van der Waals surface area contributed by atoms with Crippen molar-refractivity contribution in [3.05, 3.63) is 28.2 Å². The highest BCUT2D eigenvalue weighted by Gasteiger charge is 2.14. The second-order valence-corrected chi connectivity index (χ2v) is 5.77. The number of thioether (sulfide) groups is 1. The lowest BCUT2D eigenvalue weighted by molar-refractivity contribution is -0.140. The van der Waals surface area contributed by atoms with Gasteiger partial charge in [0.25, 0.3) is 0 Å². The monoisotopic (exact) mass is 313 g/mol. The largest absolute Gasteiger partial charge is 0.469 e. The quantitative estimate of drug-likeness (QED) is 0.631. The molecule has 0 aliphatic heterocycles. The molecule has 1 aromatic carbocycles. The lowest BCUT2D eigenvalue weighted by atomic mass is 10.2. The van der Waals surface area contributed by atoms with Gasteiger partial charge in [-0.15, -0.1) is 11.8 Å². The summed E-state index contributed by atoms with van der Waals surface area (Å²) in [6.07, 6.45) is 0.332. The summed E-state index contributed by atoms with van der Waals surface area (Å²) in [7, 11) is 1.37. The second kappa shape index (κ2) is 6.67. The molecule has 1 aromatic rings. The van der Waals surface area contributed by atoms with Crippen LogP contribution < -0.4 is 0 Å². The number of ether oxygens (including phenoxy) is 1. The number of methoxy groups -OCH3 is 1. The van der Waals surface area contributed by atoms with E-state index in [1.807, 2.05) is 25.1 Å². The molecule has 1 unspecified atom stereocenters. The molecule has 0 heterocycles. The van der Waals surface area contributed by atoms with Gasteiger partial charge in [-0.1, -0.05) is 13.0 Å². The van der Waals surface area contributed by atoms with Crippen LogP contribution in [0.2, 0.25) is 0 Å². The van der Waals surface area contributed by atoms with E-state index in [1.165, 1.54) is 18.9 Å². The Balaban J connectivity index is 2.79. The molecule has 17 heavy (non-hydrogen) atoms. The number of halogens is 1. The molecule has 1 atom stereocenters. The number of esters is 1.